The first-order valence-corrected chi connectivity index (χ1v) is 12.5. The fourth-order valence-corrected chi connectivity index (χ4v) is 4.57. The van der Waals surface area contributed by atoms with Crippen LogP contribution in [0.25, 0.3) is 0 Å². The van der Waals surface area contributed by atoms with Gasteiger partial charge in [0.2, 0.25) is 0 Å². The molecule has 0 saturated heterocycles. The average Bonchev–Trinajstić information content (AvgIpc) is 3.52. The first-order chi connectivity index (χ1) is 17.9. The normalized spacial score (nSPS) is 15.1. The number of hydrogen-bond acceptors (Lipinski definition) is 9. The second-order valence-electron chi connectivity index (χ2n) is 8.23. The Morgan fingerprint density at radius 3 is 2.54 bits per heavy atom. The highest BCUT2D eigenvalue weighted by molar-refractivity contribution is 7.10. The van der Waals surface area contributed by atoms with Gasteiger partial charge in [0.15, 0.2) is 0 Å². The molecule has 3 heterocycles. The van der Waals surface area contributed by atoms with Gasteiger partial charge in [-0.2, -0.15) is 0 Å². The molecule has 2 N–H and O–H groups in total. The number of aryl methyl sites for hydroxylation is 2. The summed E-state index contributed by atoms with van der Waals surface area (Å²) in [4.78, 5) is 38.3. The zero-order chi connectivity index (χ0) is 26.4. The van der Waals surface area contributed by atoms with Crippen LogP contribution in [-0.2, 0) is 32.1 Å². The number of nitrogens with zero attached hydrogens (tertiary/aromatic N) is 1. The molecule has 10 nitrogen and oxygen atoms in total. The number of hydrogen-bond donors (Lipinski definition) is 2. The van der Waals surface area contributed by atoms with E-state index in [1.54, 1.807) is 31.2 Å². The molecule has 2 amide bonds. The Labute approximate surface area is 217 Å². The van der Waals surface area contributed by atoms with Crippen molar-refractivity contribution in [1.82, 2.24) is 15.8 Å². The molecular weight excluding hydrogens is 498 g/mol. The van der Waals surface area contributed by atoms with Crippen LogP contribution in [0.15, 0.2) is 57.6 Å². The Bertz CT molecular complexity index is 1280. The number of rotatable bonds is 10. The Hall–Kier alpha value is -4.12. The summed E-state index contributed by atoms with van der Waals surface area (Å²) in [7, 11) is 0. The van der Waals surface area contributed by atoms with Crippen LogP contribution in [0.3, 0.4) is 0 Å². The molecule has 1 atom stereocenters. The SMILES string of the molecule is CCOC(=O)C1=C(COC(=O)Cc2ccc(OCc3c(C)noc3C)cc2)NC(=O)N[C@H]1c1cccs1. The summed E-state index contributed by atoms with van der Waals surface area (Å²) in [6.45, 7) is 5.59. The summed E-state index contributed by atoms with van der Waals surface area (Å²) in [5.74, 6) is 0.246. The topological polar surface area (TPSA) is 129 Å². The van der Waals surface area contributed by atoms with Crippen LogP contribution in [0.1, 0.15) is 40.4 Å². The number of benzene rings is 1. The lowest BCUT2D eigenvalue weighted by Crippen LogP contribution is -2.47. The van der Waals surface area contributed by atoms with Gasteiger partial charge in [-0.15, -0.1) is 11.3 Å². The van der Waals surface area contributed by atoms with E-state index in [-0.39, 0.29) is 30.9 Å². The van der Waals surface area contributed by atoms with Gasteiger partial charge in [-0.1, -0.05) is 23.4 Å². The summed E-state index contributed by atoms with van der Waals surface area (Å²) < 4.78 is 21.6. The second kappa shape index (κ2) is 11.7. The Balaban J connectivity index is 1.39. The number of aromatic nitrogens is 1. The van der Waals surface area contributed by atoms with Gasteiger partial charge in [-0.05, 0) is 49.9 Å². The van der Waals surface area contributed by atoms with Gasteiger partial charge < -0.3 is 29.4 Å². The van der Waals surface area contributed by atoms with Crippen molar-refractivity contribution >= 4 is 29.3 Å². The smallest absolute Gasteiger partial charge is 0.338 e. The third kappa shape index (κ3) is 6.36. The van der Waals surface area contributed by atoms with E-state index in [0.29, 0.717) is 18.1 Å². The number of carbonyl (C=O) groups excluding carboxylic acids is 3. The molecule has 0 spiro atoms. The monoisotopic (exact) mass is 525 g/mol. The molecule has 11 heteroatoms. The maximum Gasteiger partial charge on any atom is 0.338 e. The maximum absolute atomic E-state index is 12.7. The van der Waals surface area contributed by atoms with Gasteiger partial charge in [-0.25, -0.2) is 9.59 Å². The van der Waals surface area contributed by atoms with Crippen LogP contribution < -0.4 is 15.4 Å². The molecule has 3 aromatic rings. The van der Waals surface area contributed by atoms with Crippen LogP contribution in [-0.4, -0.2) is 36.3 Å². The Morgan fingerprint density at radius 1 is 1.11 bits per heavy atom. The maximum atomic E-state index is 12.7. The lowest BCUT2D eigenvalue weighted by molar-refractivity contribution is -0.143. The Morgan fingerprint density at radius 2 is 1.89 bits per heavy atom. The summed E-state index contributed by atoms with van der Waals surface area (Å²) in [5.41, 5.74) is 2.80. The fraction of sp³-hybridized carbons (Fsp3) is 0.308. The minimum Gasteiger partial charge on any atom is -0.489 e. The minimum absolute atomic E-state index is 0.00666. The standard InChI is InChI=1S/C26H27N3O7S/c1-4-33-25(31)23-20(27-26(32)28-24(23)21-6-5-11-37-21)14-35-22(30)12-17-7-9-18(10-8-17)34-13-19-15(2)29-36-16(19)3/h5-11,24H,4,12-14H2,1-3H3,(H2,27,28,32)/t24-/m0/s1. The molecule has 0 bridgehead atoms. The summed E-state index contributed by atoms with van der Waals surface area (Å²) >= 11 is 1.39. The zero-order valence-corrected chi connectivity index (χ0v) is 21.5. The molecule has 0 unspecified atom stereocenters. The molecule has 37 heavy (non-hydrogen) atoms. The van der Waals surface area contributed by atoms with Crippen molar-refractivity contribution in [2.24, 2.45) is 0 Å². The van der Waals surface area contributed by atoms with E-state index in [1.807, 2.05) is 31.4 Å². The van der Waals surface area contributed by atoms with Crippen molar-refractivity contribution in [2.45, 2.75) is 39.8 Å². The van der Waals surface area contributed by atoms with Gasteiger partial charge in [0.1, 0.15) is 24.7 Å². The van der Waals surface area contributed by atoms with E-state index in [1.165, 1.54) is 11.3 Å². The predicted octanol–water partition coefficient (Wildman–Crippen LogP) is 3.89. The van der Waals surface area contributed by atoms with Crippen molar-refractivity contribution in [3.05, 3.63) is 80.5 Å². The molecule has 0 fully saturated rings. The van der Waals surface area contributed by atoms with E-state index in [2.05, 4.69) is 15.8 Å². The molecule has 0 saturated carbocycles. The molecule has 0 aliphatic carbocycles. The highest BCUT2D eigenvalue weighted by Crippen LogP contribution is 2.30. The largest absolute Gasteiger partial charge is 0.489 e. The molecule has 1 aromatic carbocycles. The fourth-order valence-electron chi connectivity index (χ4n) is 3.79. The molecule has 4 rings (SSSR count). The van der Waals surface area contributed by atoms with Crippen LogP contribution in [0, 0.1) is 13.8 Å². The number of amides is 2. The number of nitrogens with one attached hydrogen (secondary N) is 2. The number of urea groups is 1. The number of ether oxygens (including phenoxy) is 3. The van der Waals surface area contributed by atoms with E-state index < -0.39 is 24.0 Å². The highest BCUT2D eigenvalue weighted by Gasteiger charge is 2.34. The predicted molar refractivity (Wildman–Crippen MR) is 134 cm³/mol. The summed E-state index contributed by atoms with van der Waals surface area (Å²) in [5, 5.41) is 11.1. The van der Waals surface area contributed by atoms with Gasteiger partial charge in [0.05, 0.1) is 41.6 Å². The van der Waals surface area contributed by atoms with Gasteiger partial charge in [0, 0.05) is 4.88 Å². The summed E-state index contributed by atoms with van der Waals surface area (Å²) in [6, 6.07) is 9.51. The summed E-state index contributed by atoms with van der Waals surface area (Å²) in [6.07, 6.45) is 0.00666. The lowest BCUT2D eigenvalue weighted by atomic mass is 10.0. The number of carbonyl (C=O) groups is 3. The van der Waals surface area contributed by atoms with E-state index >= 15 is 0 Å². The molecule has 2 aromatic heterocycles. The van der Waals surface area contributed by atoms with Crippen molar-refractivity contribution < 1.29 is 33.1 Å². The molecule has 1 aliphatic rings. The van der Waals surface area contributed by atoms with Crippen LogP contribution >= 0.6 is 11.3 Å². The average molecular weight is 526 g/mol. The highest BCUT2D eigenvalue weighted by atomic mass is 32.1. The third-order valence-corrected chi connectivity index (χ3v) is 6.63. The van der Waals surface area contributed by atoms with Crippen molar-refractivity contribution in [2.75, 3.05) is 13.2 Å². The van der Waals surface area contributed by atoms with Crippen molar-refractivity contribution in [1.29, 1.82) is 0 Å². The first-order valence-electron chi connectivity index (χ1n) is 11.7. The molecular formula is C26H27N3O7S. The third-order valence-electron chi connectivity index (χ3n) is 5.69. The van der Waals surface area contributed by atoms with Crippen molar-refractivity contribution in [3.8, 4) is 5.75 Å². The quantitative estimate of drug-likeness (QED) is 0.382. The van der Waals surface area contributed by atoms with Crippen LogP contribution in [0.2, 0.25) is 0 Å². The van der Waals surface area contributed by atoms with Gasteiger partial charge >= 0.3 is 18.0 Å². The van der Waals surface area contributed by atoms with Gasteiger partial charge in [0.25, 0.3) is 0 Å². The molecule has 1 aliphatic heterocycles. The Kier molecular flexibility index (Phi) is 8.24. The second-order valence-corrected chi connectivity index (χ2v) is 9.21. The lowest BCUT2D eigenvalue weighted by Gasteiger charge is -2.28. The van der Waals surface area contributed by atoms with Gasteiger partial charge in [-0.3, -0.25) is 4.79 Å². The minimum atomic E-state index is -0.695. The zero-order valence-electron chi connectivity index (χ0n) is 20.7. The van der Waals surface area contributed by atoms with E-state index in [0.717, 1.165) is 21.7 Å². The van der Waals surface area contributed by atoms with E-state index in [9.17, 15) is 14.4 Å². The number of esters is 2. The molecule has 0 radical (unpaired) electrons. The number of thiophene rings is 1. The van der Waals surface area contributed by atoms with E-state index in [4.69, 9.17) is 18.7 Å². The first kappa shape index (κ1) is 26.0. The van der Waals surface area contributed by atoms with Crippen LogP contribution in [0.5, 0.6) is 5.75 Å². The molecule has 194 valence electrons. The van der Waals surface area contributed by atoms with Crippen molar-refractivity contribution in [3.63, 3.8) is 0 Å². The van der Waals surface area contributed by atoms with Crippen LogP contribution in [0.4, 0.5) is 4.79 Å².